The van der Waals surface area contributed by atoms with E-state index < -0.39 is 12.2 Å². The second-order valence-electron chi connectivity index (χ2n) is 3.77. The Morgan fingerprint density at radius 1 is 1.56 bits per heavy atom. The summed E-state index contributed by atoms with van der Waals surface area (Å²) in [5.41, 5.74) is 0.544. The lowest BCUT2D eigenvalue weighted by molar-refractivity contribution is -0.109. The molecule has 0 spiro atoms. The van der Waals surface area contributed by atoms with Gasteiger partial charge in [-0.05, 0) is 18.1 Å². The molecular weight excluding hydrogens is 254 g/mol. The third kappa shape index (κ3) is 4.64. The van der Waals surface area contributed by atoms with Gasteiger partial charge in [0.2, 0.25) is 5.88 Å². The zero-order valence-corrected chi connectivity index (χ0v) is 11.2. The number of nitrogens with zero attached hydrogens (tertiary/aromatic N) is 1. The van der Waals surface area contributed by atoms with Crippen LogP contribution in [0.1, 0.15) is 25.0 Å². The molecule has 0 radical (unpaired) electrons. The summed E-state index contributed by atoms with van der Waals surface area (Å²) < 4.78 is 4.94. The standard InChI is InChI=1S/C12H17NO4S/c1-8(14)18-6-4-10(15)12(16)9-3-5-13-11(7-9)17-2/h3,5,7,10,12,15-16H,4,6H2,1-2H3. The smallest absolute Gasteiger partial charge is 0.213 e. The molecule has 1 aromatic heterocycles. The molecule has 6 heteroatoms. The molecule has 2 atom stereocenters. The van der Waals surface area contributed by atoms with Gasteiger partial charge < -0.3 is 14.9 Å². The Balaban J connectivity index is 2.56. The summed E-state index contributed by atoms with van der Waals surface area (Å²) in [7, 11) is 1.48. The summed E-state index contributed by atoms with van der Waals surface area (Å²) in [5.74, 6) is 0.868. The van der Waals surface area contributed by atoms with Crippen LogP contribution in [0.5, 0.6) is 5.88 Å². The first-order valence-electron chi connectivity index (χ1n) is 5.54. The Kier molecular flexibility index (Phi) is 6.11. The average Bonchev–Trinajstić information content (AvgIpc) is 2.37. The normalized spacial score (nSPS) is 14.0. The van der Waals surface area contributed by atoms with Gasteiger partial charge in [0.15, 0.2) is 5.12 Å². The SMILES string of the molecule is COc1cc(C(O)C(O)CCSC(C)=O)ccn1. The summed E-state index contributed by atoms with van der Waals surface area (Å²) in [6.45, 7) is 1.47. The third-order valence-electron chi connectivity index (χ3n) is 2.39. The van der Waals surface area contributed by atoms with Crippen LogP contribution in [0.15, 0.2) is 18.3 Å². The molecule has 0 amide bonds. The van der Waals surface area contributed by atoms with Crippen molar-refractivity contribution in [3.05, 3.63) is 23.9 Å². The van der Waals surface area contributed by atoms with Gasteiger partial charge in [0.1, 0.15) is 6.10 Å². The zero-order chi connectivity index (χ0) is 13.5. The second kappa shape index (κ2) is 7.35. The molecule has 0 aliphatic heterocycles. The van der Waals surface area contributed by atoms with E-state index in [1.165, 1.54) is 20.2 Å². The van der Waals surface area contributed by atoms with Gasteiger partial charge in [0.05, 0.1) is 13.2 Å². The van der Waals surface area contributed by atoms with E-state index in [4.69, 9.17) is 4.74 Å². The Bertz CT molecular complexity index is 399. The van der Waals surface area contributed by atoms with E-state index >= 15 is 0 Å². The fourth-order valence-corrected chi connectivity index (χ4v) is 2.07. The molecule has 0 saturated carbocycles. The molecule has 0 aliphatic carbocycles. The first-order valence-corrected chi connectivity index (χ1v) is 6.52. The predicted molar refractivity (Wildman–Crippen MR) is 69.5 cm³/mol. The van der Waals surface area contributed by atoms with E-state index in [1.54, 1.807) is 12.1 Å². The second-order valence-corrected chi connectivity index (χ2v) is 5.04. The Hall–Kier alpha value is -1.11. The third-order valence-corrected chi connectivity index (χ3v) is 3.24. The van der Waals surface area contributed by atoms with Crippen molar-refractivity contribution in [1.29, 1.82) is 0 Å². The summed E-state index contributed by atoms with van der Waals surface area (Å²) >= 11 is 1.13. The van der Waals surface area contributed by atoms with Crippen LogP contribution in [0, 0.1) is 0 Å². The number of aliphatic hydroxyl groups excluding tert-OH is 2. The molecule has 1 heterocycles. The molecule has 0 aliphatic rings. The lowest BCUT2D eigenvalue weighted by Gasteiger charge is -2.17. The molecule has 2 unspecified atom stereocenters. The molecule has 0 aromatic carbocycles. The number of carbonyl (C=O) groups is 1. The van der Waals surface area contributed by atoms with Gasteiger partial charge in [-0.1, -0.05) is 11.8 Å². The van der Waals surface area contributed by atoms with E-state index in [2.05, 4.69) is 4.98 Å². The van der Waals surface area contributed by atoms with E-state index in [0.29, 0.717) is 23.6 Å². The quantitative estimate of drug-likeness (QED) is 0.808. The molecule has 5 nitrogen and oxygen atoms in total. The van der Waals surface area contributed by atoms with E-state index in [1.807, 2.05) is 0 Å². The highest BCUT2D eigenvalue weighted by Crippen LogP contribution is 2.22. The number of hydrogen-bond donors (Lipinski definition) is 2. The maximum Gasteiger partial charge on any atom is 0.213 e. The van der Waals surface area contributed by atoms with Crippen LogP contribution in [0.4, 0.5) is 0 Å². The van der Waals surface area contributed by atoms with Crippen LogP contribution in [-0.2, 0) is 4.79 Å². The monoisotopic (exact) mass is 271 g/mol. The van der Waals surface area contributed by atoms with Gasteiger partial charge in [-0.25, -0.2) is 4.98 Å². The number of rotatable bonds is 6. The number of hydrogen-bond acceptors (Lipinski definition) is 6. The lowest BCUT2D eigenvalue weighted by Crippen LogP contribution is -2.19. The molecule has 18 heavy (non-hydrogen) atoms. The molecule has 0 fully saturated rings. The predicted octanol–water partition coefficient (Wildman–Crippen LogP) is 1.15. The van der Waals surface area contributed by atoms with E-state index in [9.17, 15) is 15.0 Å². The van der Waals surface area contributed by atoms with Crippen molar-refractivity contribution in [2.24, 2.45) is 0 Å². The number of thioether (sulfide) groups is 1. The van der Waals surface area contributed by atoms with Gasteiger partial charge >= 0.3 is 0 Å². The Labute approximate surface area is 110 Å². The van der Waals surface area contributed by atoms with Crippen LogP contribution < -0.4 is 4.74 Å². The lowest BCUT2D eigenvalue weighted by atomic mass is 10.0. The average molecular weight is 271 g/mol. The number of ether oxygens (including phenoxy) is 1. The summed E-state index contributed by atoms with van der Waals surface area (Å²) in [6, 6.07) is 3.19. The van der Waals surface area contributed by atoms with E-state index in [0.717, 1.165) is 11.8 Å². The van der Waals surface area contributed by atoms with E-state index in [-0.39, 0.29) is 5.12 Å². The van der Waals surface area contributed by atoms with Crippen molar-refractivity contribution in [2.45, 2.75) is 25.6 Å². The highest BCUT2D eigenvalue weighted by molar-refractivity contribution is 8.13. The number of carbonyl (C=O) groups excluding carboxylic acids is 1. The van der Waals surface area contributed by atoms with Crippen molar-refractivity contribution in [3.8, 4) is 5.88 Å². The molecule has 0 saturated heterocycles. The summed E-state index contributed by atoms with van der Waals surface area (Å²) in [5, 5.41) is 19.8. The molecule has 0 bridgehead atoms. The van der Waals surface area contributed by atoms with Crippen LogP contribution >= 0.6 is 11.8 Å². The minimum absolute atomic E-state index is 0.00210. The number of aliphatic hydroxyl groups is 2. The van der Waals surface area contributed by atoms with Gasteiger partial charge in [0.25, 0.3) is 0 Å². The van der Waals surface area contributed by atoms with Crippen molar-refractivity contribution >= 4 is 16.9 Å². The maximum atomic E-state index is 10.7. The van der Waals surface area contributed by atoms with Gasteiger partial charge in [-0.2, -0.15) is 0 Å². The number of aromatic nitrogens is 1. The summed E-state index contributed by atoms with van der Waals surface area (Å²) in [6.07, 6.45) is -0.0665. The molecule has 1 rings (SSSR count). The van der Waals surface area contributed by atoms with Crippen LogP contribution in [0.25, 0.3) is 0 Å². The number of pyridine rings is 1. The molecule has 1 aromatic rings. The topological polar surface area (TPSA) is 79.6 Å². The molecule has 100 valence electrons. The highest BCUT2D eigenvalue weighted by Gasteiger charge is 2.19. The van der Waals surface area contributed by atoms with Crippen molar-refractivity contribution in [2.75, 3.05) is 12.9 Å². The van der Waals surface area contributed by atoms with Gasteiger partial charge in [-0.3, -0.25) is 4.79 Å². The first kappa shape index (κ1) is 14.9. The Morgan fingerprint density at radius 2 is 2.28 bits per heavy atom. The maximum absolute atomic E-state index is 10.7. The van der Waals surface area contributed by atoms with Crippen molar-refractivity contribution in [3.63, 3.8) is 0 Å². The van der Waals surface area contributed by atoms with Gasteiger partial charge in [0, 0.05) is 24.9 Å². The zero-order valence-electron chi connectivity index (χ0n) is 10.4. The largest absolute Gasteiger partial charge is 0.481 e. The fourth-order valence-electron chi connectivity index (χ4n) is 1.42. The van der Waals surface area contributed by atoms with Crippen LogP contribution in [0.3, 0.4) is 0 Å². The molecule has 2 N–H and O–H groups in total. The fraction of sp³-hybridized carbons (Fsp3) is 0.500. The van der Waals surface area contributed by atoms with Crippen molar-refractivity contribution in [1.82, 2.24) is 4.98 Å². The first-order chi connectivity index (χ1) is 8.54. The van der Waals surface area contributed by atoms with Gasteiger partial charge in [-0.15, -0.1) is 0 Å². The highest BCUT2D eigenvalue weighted by atomic mass is 32.2. The minimum atomic E-state index is -1.01. The summed E-state index contributed by atoms with van der Waals surface area (Å²) in [4.78, 5) is 14.7. The Morgan fingerprint density at radius 3 is 2.89 bits per heavy atom. The van der Waals surface area contributed by atoms with Crippen LogP contribution in [-0.4, -0.2) is 39.3 Å². The molecular formula is C12H17NO4S. The number of methoxy groups -OCH3 is 1. The van der Waals surface area contributed by atoms with Crippen molar-refractivity contribution < 1.29 is 19.7 Å². The van der Waals surface area contributed by atoms with Crippen LogP contribution in [0.2, 0.25) is 0 Å². The minimum Gasteiger partial charge on any atom is -0.481 e.